The summed E-state index contributed by atoms with van der Waals surface area (Å²) in [5.41, 5.74) is 1.62. The lowest BCUT2D eigenvalue weighted by molar-refractivity contribution is 0.0929. The number of nitrogens with zero attached hydrogens (tertiary/aromatic N) is 2. The van der Waals surface area contributed by atoms with Crippen molar-refractivity contribution in [1.29, 1.82) is 0 Å². The van der Waals surface area contributed by atoms with E-state index in [4.69, 9.17) is 0 Å². The summed E-state index contributed by atoms with van der Waals surface area (Å²) >= 11 is 0. The standard InChI is InChI=1S/C14H23N3O/c1-10(2)12-6-7-13(15-8-12)14(18)16-11(3)9-17(4)5/h6-8,10-11H,9H2,1-5H3,(H,16,18)/t11-/m1/s1. The van der Waals surface area contributed by atoms with Crippen LogP contribution in [0, 0.1) is 0 Å². The quantitative estimate of drug-likeness (QED) is 0.866. The van der Waals surface area contributed by atoms with Gasteiger partial charge >= 0.3 is 0 Å². The monoisotopic (exact) mass is 249 g/mol. The highest BCUT2D eigenvalue weighted by Gasteiger charge is 2.11. The summed E-state index contributed by atoms with van der Waals surface area (Å²) in [5.74, 6) is 0.321. The highest BCUT2D eigenvalue weighted by molar-refractivity contribution is 5.92. The minimum Gasteiger partial charge on any atom is -0.347 e. The maximum atomic E-state index is 11.9. The van der Waals surface area contributed by atoms with Gasteiger partial charge in [-0.1, -0.05) is 19.9 Å². The molecule has 1 rings (SSSR count). The van der Waals surface area contributed by atoms with Gasteiger partial charge in [-0.3, -0.25) is 9.78 Å². The number of nitrogens with one attached hydrogen (secondary N) is 1. The van der Waals surface area contributed by atoms with E-state index in [1.165, 1.54) is 0 Å². The second kappa shape index (κ2) is 6.50. The normalized spacial score (nSPS) is 12.8. The Bertz CT molecular complexity index is 385. The second-order valence-corrected chi connectivity index (χ2v) is 5.27. The predicted molar refractivity (Wildman–Crippen MR) is 73.8 cm³/mol. The van der Waals surface area contributed by atoms with Gasteiger partial charge in [-0.05, 0) is 38.6 Å². The molecule has 4 nitrogen and oxygen atoms in total. The van der Waals surface area contributed by atoms with E-state index >= 15 is 0 Å². The molecule has 0 aromatic carbocycles. The fourth-order valence-electron chi connectivity index (χ4n) is 1.77. The molecule has 0 spiro atoms. The zero-order chi connectivity index (χ0) is 13.7. The molecule has 0 aliphatic rings. The Morgan fingerprint density at radius 2 is 2.00 bits per heavy atom. The SMILES string of the molecule is CC(C)c1ccc(C(=O)N[C@H](C)CN(C)C)nc1. The number of carbonyl (C=O) groups is 1. The van der Waals surface area contributed by atoms with Gasteiger partial charge in [0.25, 0.3) is 5.91 Å². The van der Waals surface area contributed by atoms with Crippen LogP contribution in [0.4, 0.5) is 0 Å². The minimum absolute atomic E-state index is 0.110. The summed E-state index contributed by atoms with van der Waals surface area (Å²) in [6.45, 7) is 7.02. The first kappa shape index (κ1) is 14.6. The first-order valence-corrected chi connectivity index (χ1v) is 6.31. The molecule has 1 aromatic heterocycles. The van der Waals surface area contributed by atoms with Crippen molar-refractivity contribution in [3.05, 3.63) is 29.6 Å². The Balaban J connectivity index is 2.61. The summed E-state index contributed by atoms with van der Waals surface area (Å²) < 4.78 is 0. The van der Waals surface area contributed by atoms with Crippen LogP contribution in [0.3, 0.4) is 0 Å². The Morgan fingerprint density at radius 3 is 2.44 bits per heavy atom. The third kappa shape index (κ3) is 4.45. The van der Waals surface area contributed by atoms with E-state index < -0.39 is 0 Å². The van der Waals surface area contributed by atoms with Crippen LogP contribution in [0.15, 0.2) is 18.3 Å². The van der Waals surface area contributed by atoms with Crippen LogP contribution in [0.2, 0.25) is 0 Å². The zero-order valence-electron chi connectivity index (χ0n) is 11.9. The van der Waals surface area contributed by atoms with Crippen molar-refractivity contribution in [2.45, 2.75) is 32.7 Å². The maximum Gasteiger partial charge on any atom is 0.270 e. The molecule has 0 saturated heterocycles. The van der Waals surface area contributed by atoms with Crippen LogP contribution in [0.1, 0.15) is 42.7 Å². The van der Waals surface area contributed by atoms with Crippen LogP contribution >= 0.6 is 0 Å². The molecule has 4 heteroatoms. The van der Waals surface area contributed by atoms with Crippen molar-refractivity contribution in [3.63, 3.8) is 0 Å². The van der Waals surface area contributed by atoms with Crippen molar-refractivity contribution >= 4 is 5.91 Å². The van der Waals surface area contributed by atoms with Gasteiger partial charge in [-0.2, -0.15) is 0 Å². The van der Waals surface area contributed by atoms with Crippen LogP contribution in [0.5, 0.6) is 0 Å². The first-order chi connectivity index (χ1) is 8.40. The highest BCUT2D eigenvalue weighted by atomic mass is 16.1. The van der Waals surface area contributed by atoms with Gasteiger partial charge < -0.3 is 10.2 Å². The Hall–Kier alpha value is -1.42. The highest BCUT2D eigenvalue weighted by Crippen LogP contribution is 2.12. The third-order valence-corrected chi connectivity index (χ3v) is 2.70. The Labute approximate surface area is 109 Å². The minimum atomic E-state index is -0.111. The number of aromatic nitrogens is 1. The molecule has 0 fully saturated rings. The smallest absolute Gasteiger partial charge is 0.270 e. The number of carbonyl (C=O) groups excluding carboxylic acids is 1. The van der Waals surface area contributed by atoms with Gasteiger partial charge in [-0.15, -0.1) is 0 Å². The number of likely N-dealkylation sites (N-methyl/N-ethyl adjacent to an activating group) is 1. The maximum absolute atomic E-state index is 11.9. The van der Waals surface area contributed by atoms with Gasteiger partial charge in [0, 0.05) is 18.8 Å². The molecule has 1 amide bonds. The lowest BCUT2D eigenvalue weighted by atomic mass is 10.1. The number of rotatable bonds is 5. The fraction of sp³-hybridized carbons (Fsp3) is 0.571. The predicted octanol–water partition coefficient (Wildman–Crippen LogP) is 1.88. The molecule has 1 atom stereocenters. The van der Waals surface area contributed by atoms with E-state index in [2.05, 4.69) is 24.1 Å². The van der Waals surface area contributed by atoms with E-state index in [-0.39, 0.29) is 11.9 Å². The fourth-order valence-corrected chi connectivity index (χ4v) is 1.77. The summed E-state index contributed by atoms with van der Waals surface area (Å²) in [6, 6.07) is 3.86. The molecule has 1 heterocycles. The summed E-state index contributed by atoms with van der Waals surface area (Å²) in [6.07, 6.45) is 1.77. The van der Waals surface area contributed by atoms with Gasteiger partial charge in [0.2, 0.25) is 0 Å². The summed E-state index contributed by atoms with van der Waals surface area (Å²) in [4.78, 5) is 18.2. The zero-order valence-corrected chi connectivity index (χ0v) is 11.9. The average Bonchev–Trinajstić information content (AvgIpc) is 2.27. The van der Waals surface area contributed by atoms with Crippen molar-refractivity contribution < 1.29 is 4.79 Å². The molecule has 0 bridgehead atoms. The molecule has 0 aliphatic carbocycles. The van der Waals surface area contributed by atoms with Crippen molar-refractivity contribution in [2.75, 3.05) is 20.6 Å². The van der Waals surface area contributed by atoms with Crippen molar-refractivity contribution in [1.82, 2.24) is 15.2 Å². The largest absolute Gasteiger partial charge is 0.347 e. The molecule has 0 aliphatic heterocycles. The number of hydrogen-bond donors (Lipinski definition) is 1. The molecule has 1 N–H and O–H groups in total. The second-order valence-electron chi connectivity index (χ2n) is 5.27. The number of hydrogen-bond acceptors (Lipinski definition) is 3. The van der Waals surface area contributed by atoms with Crippen LogP contribution in [0.25, 0.3) is 0 Å². The van der Waals surface area contributed by atoms with Crippen LogP contribution < -0.4 is 5.32 Å². The van der Waals surface area contributed by atoms with Gasteiger partial charge in [0.05, 0.1) is 0 Å². The van der Waals surface area contributed by atoms with Crippen LogP contribution in [-0.2, 0) is 0 Å². The summed E-state index contributed by atoms with van der Waals surface area (Å²) in [7, 11) is 3.97. The van der Waals surface area contributed by atoms with Gasteiger partial charge in [-0.25, -0.2) is 0 Å². The number of pyridine rings is 1. The lowest BCUT2D eigenvalue weighted by Gasteiger charge is -2.18. The van der Waals surface area contributed by atoms with E-state index in [9.17, 15) is 4.79 Å². The van der Waals surface area contributed by atoms with E-state index in [1.54, 1.807) is 12.3 Å². The van der Waals surface area contributed by atoms with Crippen molar-refractivity contribution in [3.8, 4) is 0 Å². The molecular formula is C14H23N3O. The third-order valence-electron chi connectivity index (χ3n) is 2.70. The Kier molecular flexibility index (Phi) is 5.28. The molecule has 1 aromatic rings. The van der Waals surface area contributed by atoms with Crippen molar-refractivity contribution in [2.24, 2.45) is 0 Å². The Morgan fingerprint density at radius 1 is 1.33 bits per heavy atom. The van der Waals surface area contributed by atoms with Gasteiger partial charge in [0.15, 0.2) is 0 Å². The molecular weight excluding hydrogens is 226 g/mol. The topological polar surface area (TPSA) is 45.2 Å². The van der Waals surface area contributed by atoms with E-state index in [0.29, 0.717) is 11.6 Å². The molecule has 100 valence electrons. The average molecular weight is 249 g/mol. The van der Waals surface area contributed by atoms with Crippen LogP contribution in [-0.4, -0.2) is 42.5 Å². The molecule has 0 radical (unpaired) electrons. The van der Waals surface area contributed by atoms with E-state index in [1.807, 2.05) is 32.0 Å². The number of amides is 1. The van der Waals surface area contributed by atoms with Gasteiger partial charge in [0.1, 0.15) is 5.69 Å². The molecule has 0 saturated carbocycles. The van der Waals surface area contributed by atoms with E-state index in [0.717, 1.165) is 12.1 Å². The summed E-state index contributed by atoms with van der Waals surface area (Å²) in [5, 5.41) is 2.93. The molecule has 18 heavy (non-hydrogen) atoms. The molecule has 0 unspecified atom stereocenters. The lowest BCUT2D eigenvalue weighted by Crippen LogP contribution is -2.39. The first-order valence-electron chi connectivity index (χ1n) is 6.31.